The van der Waals surface area contributed by atoms with E-state index in [9.17, 15) is 50.2 Å². The van der Waals surface area contributed by atoms with E-state index in [1.54, 1.807) is 0 Å². The van der Waals surface area contributed by atoms with Crippen LogP contribution in [0.15, 0.2) is 82.6 Å². The fourth-order valence-electron chi connectivity index (χ4n) is 6.41. The van der Waals surface area contributed by atoms with Crippen LogP contribution < -0.4 is 19.3 Å². The van der Waals surface area contributed by atoms with E-state index in [1.165, 1.54) is 132 Å². The smallest absolute Gasteiger partial charge is 0.311 e. The molecule has 370 valence electrons. The summed E-state index contributed by atoms with van der Waals surface area (Å²) in [5.74, 6) is -1.32. The minimum absolute atomic E-state index is 0.0712. The third-order valence-electron chi connectivity index (χ3n) is 10.2. The highest BCUT2D eigenvalue weighted by Crippen LogP contribution is 2.19. The third-order valence-corrected chi connectivity index (χ3v) is 11.9. The van der Waals surface area contributed by atoms with Crippen LogP contribution in [0.25, 0.3) is 0 Å². The highest BCUT2D eigenvalue weighted by Gasteiger charge is 2.09. The van der Waals surface area contributed by atoms with E-state index in [0.29, 0.717) is 25.0 Å². The number of carbonyl (C=O) groups excluding carboxylic acids is 4. The first-order chi connectivity index (χ1) is 31.5. The van der Waals surface area contributed by atoms with Gasteiger partial charge in [-0.1, -0.05) is 143 Å². The second kappa shape index (κ2) is 35.5. The van der Waals surface area contributed by atoms with Gasteiger partial charge in [0.2, 0.25) is 0 Å². The Bertz CT molecular complexity index is 2010. The van der Waals surface area contributed by atoms with Crippen molar-refractivity contribution < 1.29 is 64.4 Å². The summed E-state index contributed by atoms with van der Waals surface area (Å²) in [4.78, 5) is 44.8. The van der Waals surface area contributed by atoms with Gasteiger partial charge in [0.05, 0.1) is 15.8 Å². The fraction of sp³-hybridized carbons (Fsp3) is 0.560. The second-order valence-corrected chi connectivity index (χ2v) is 18.8. The van der Waals surface area contributed by atoms with Crippen molar-refractivity contribution in [3.8, 4) is 17.2 Å². The Morgan fingerprint density at radius 2 is 0.606 bits per heavy atom. The van der Waals surface area contributed by atoms with E-state index in [-0.39, 0.29) is 44.8 Å². The number of carboxylic acids is 1. The van der Waals surface area contributed by atoms with Crippen LogP contribution in [-0.4, -0.2) is 49.8 Å². The van der Waals surface area contributed by atoms with Crippen LogP contribution in [0.3, 0.4) is 0 Å². The second-order valence-electron chi connectivity index (χ2n) is 16.1. The van der Waals surface area contributed by atoms with Crippen molar-refractivity contribution in [2.45, 2.75) is 191 Å². The molecule has 0 N–H and O–H groups in total. The van der Waals surface area contributed by atoms with Crippen LogP contribution in [0.4, 0.5) is 0 Å². The largest absolute Gasteiger partial charge is 0.744 e. The maximum absolute atomic E-state index is 11.7. The Labute approximate surface area is 393 Å². The molecule has 0 amide bonds. The molecule has 14 nitrogen and oxygen atoms in total. The predicted molar refractivity (Wildman–Crippen MR) is 249 cm³/mol. The van der Waals surface area contributed by atoms with E-state index in [0.717, 1.165) is 82.1 Å². The summed E-state index contributed by atoms with van der Waals surface area (Å²) in [5.41, 5.74) is 0.0712. The first-order valence-corrected chi connectivity index (χ1v) is 26.4. The van der Waals surface area contributed by atoms with Gasteiger partial charge in [0, 0.05) is 19.3 Å². The Morgan fingerprint density at radius 1 is 0.379 bits per heavy atom. The van der Waals surface area contributed by atoms with Crippen LogP contribution in [0.5, 0.6) is 17.2 Å². The molecule has 66 heavy (non-hydrogen) atoms. The number of benzene rings is 3. The molecule has 0 radical (unpaired) electrons. The van der Waals surface area contributed by atoms with Crippen LogP contribution >= 0.6 is 0 Å². The first-order valence-electron chi connectivity index (χ1n) is 23.5. The number of aromatic carboxylic acids is 1. The van der Waals surface area contributed by atoms with Crippen LogP contribution in [-0.2, 0) is 34.6 Å². The molecule has 3 aromatic rings. The maximum Gasteiger partial charge on any atom is 0.311 e. The number of hydrogen-bond donors (Lipinski definition) is 0. The molecular weight excluding hydrogens is 889 g/mol. The summed E-state index contributed by atoms with van der Waals surface area (Å²) >= 11 is 0. The van der Waals surface area contributed by atoms with Gasteiger partial charge >= 0.3 is 17.9 Å². The zero-order valence-electron chi connectivity index (χ0n) is 39.1. The SMILES string of the molecule is CCCCCCCCC(=O)Oc1ccc(S(=O)(=O)[O-])cc1.CCCCCCCCCC(=O)Oc1ccc(C(=O)[O-])cc1.CCCCCCCCCCCC(=O)Oc1ccc(S(=O)(=O)[O-])cc1. The van der Waals surface area contributed by atoms with Gasteiger partial charge in [-0.2, -0.15) is 0 Å². The van der Waals surface area contributed by atoms with Gasteiger partial charge in [-0.25, -0.2) is 16.8 Å². The number of ether oxygens (including phenoxy) is 3. The molecule has 0 aliphatic heterocycles. The van der Waals surface area contributed by atoms with E-state index in [2.05, 4.69) is 20.8 Å². The summed E-state index contributed by atoms with van der Waals surface area (Å²) in [6.07, 6.45) is 26.3. The Balaban J connectivity index is 0.000000497. The summed E-state index contributed by atoms with van der Waals surface area (Å²) in [6, 6.07) is 15.5. The van der Waals surface area contributed by atoms with Gasteiger partial charge in [0.25, 0.3) is 0 Å². The van der Waals surface area contributed by atoms with E-state index in [4.69, 9.17) is 14.2 Å². The lowest BCUT2D eigenvalue weighted by atomic mass is 10.1. The molecule has 0 aliphatic carbocycles. The van der Waals surface area contributed by atoms with Crippen molar-refractivity contribution in [3.05, 3.63) is 78.4 Å². The van der Waals surface area contributed by atoms with Crippen LogP contribution in [0, 0.1) is 0 Å². The maximum atomic E-state index is 11.7. The van der Waals surface area contributed by atoms with Crippen LogP contribution in [0.2, 0.25) is 0 Å². The monoisotopic (exact) mass is 959 g/mol. The van der Waals surface area contributed by atoms with Crippen molar-refractivity contribution in [1.29, 1.82) is 0 Å². The van der Waals surface area contributed by atoms with E-state index < -0.39 is 26.2 Å². The molecule has 0 saturated heterocycles. The van der Waals surface area contributed by atoms with Gasteiger partial charge < -0.3 is 33.2 Å². The van der Waals surface area contributed by atoms with Gasteiger partial charge in [0.15, 0.2) is 0 Å². The number of carboxylic acid groups (broad SMARTS) is 1. The predicted octanol–water partition coefficient (Wildman–Crippen LogP) is 10.8. The average Bonchev–Trinajstić information content (AvgIpc) is 3.27. The van der Waals surface area contributed by atoms with Crippen molar-refractivity contribution in [2.24, 2.45) is 0 Å². The van der Waals surface area contributed by atoms with Gasteiger partial charge in [-0.3, -0.25) is 14.4 Å². The third kappa shape index (κ3) is 30.5. The topological polar surface area (TPSA) is 233 Å². The molecule has 0 aliphatic rings. The number of hydrogen-bond acceptors (Lipinski definition) is 14. The van der Waals surface area contributed by atoms with Crippen molar-refractivity contribution in [3.63, 3.8) is 0 Å². The molecular formula is C50H71O14S2-3. The molecule has 0 unspecified atom stereocenters. The lowest BCUT2D eigenvalue weighted by molar-refractivity contribution is -0.255. The quantitative estimate of drug-likeness (QED) is 0.0253. The van der Waals surface area contributed by atoms with Crippen molar-refractivity contribution in [2.75, 3.05) is 0 Å². The van der Waals surface area contributed by atoms with E-state index in [1.807, 2.05) is 0 Å². The minimum Gasteiger partial charge on any atom is -0.744 e. The Hall–Kier alpha value is -4.64. The first kappa shape index (κ1) is 59.4. The van der Waals surface area contributed by atoms with E-state index >= 15 is 0 Å². The standard InChI is InChI=1S/C18H28O5S.C17H24O4.C15H22O5S/c1-2-3-4-5-6-7-8-9-10-11-18(19)23-16-12-14-17(15-13-16)24(20,21)22;1-2-3-4-5-6-7-8-9-16(18)21-15-12-10-14(11-13-15)17(19)20;1-2-3-4-5-6-7-8-15(16)20-13-9-11-14(12-10-13)21(17,18)19/h12-15H,2-11H2,1H3,(H,20,21,22);10-13H,2-9H2,1H3,(H,19,20);9-12H,2-8H2,1H3,(H,17,18,19)/p-3. The zero-order chi connectivity index (χ0) is 49.1. The number of esters is 3. The van der Waals surface area contributed by atoms with Gasteiger partial charge in [-0.15, -0.1) is 0 Å². The Kier molecular flexibility index (Phi) is 32.0. The van der Waals surface area contributed by atoms with Crippen molar-refractivity contribution in [1.82, 2.24) is 0 Å². The molecule has 0 fully saturated rings. The summed E-state index contributed by atoms with van der Waals surface area (Å²) in [7, 11) is -8.93. The highest BCUT2D eigenvalue weighted by molar-refractivity contribution is 7.86. The van der Waals surface area contributed by atoms with Crippen LogP contribution in [0.1, 0.15) is 192 Å². The fourth-order valence-corrected chi connectivity index (χ4v) is 7.35. The zero-order valence-corrected chi connectivity index (χ0v) is 40.8. The normalized spacial score (nSPS) is 11.0. The number of rotatable bonds is 31. The van der Waals surface area contributed by atoms with Crippen molar-refractivity contribution >= 4 is 44.1 Å². The summed E-state index contributed by atoms with van der Waals surface area (Å²) in [6.45, 7) is 6.55. The highest BCUT2D eigenvalue weighted by atomic mass is 32.2. The van der Waals surface area contributed by atoms with Gasteiger partial charge in [-0.05, 0) is 97.6 Å². The summed E-state index contributed by atoms with van der Waals surface area (Å²) < 4.78 is 80.0. The molecule has 3 rings (SSSR count). The molecule has 0 heterocycles. The lowest BCUT2D eigenvalue weighted by Crippen LogP contribution is -2.22. The lowest BCUT2D eigenvalue weighted by Gasteiger charge is -2.08. The molecule has 0 bridgehead atoms. The molecule has 0 spiro atoms. The molecule has 0 aromatic heterocycles. The number of unbranched alkanes of at least 4 members (excludes halogenated alkanes) is 19. The minimum atomic E-state index is -4.47. The molecule has 3 aromatic carbocycles. The molecule has 0 atom stereocenters. The van der Waals surface area contributed by atoms with Gasteiger partial charge in [0.1, 0.15) is 37.5 Å². The summed E-state index contributed by atoms with van der Waals surface area (Å²) in [5, 5.41) is 10.6. The average molecular weight is 960 g/mol. The number of carbonyl (C=O) groups is 4. The molecule has 16 heteroatoms. The Morgan fingerprint density at radius 3 is 0.833 bits per heavy atom. The molecule has 0 saturated carbocycles.